The van der Waals surface area contributed by atoms with E-state index in [-0.39, 0.29) is 5.43 Å². The minimum atomic E-state index is 0.168. The summed E-state index contributed by atoms with van der Waals surface area (Å²) in [6.07, 6.45) is 2.71. The maximum Gasteiger partial charge on any atom is 0.192 e. The Balaban J connectivity index is 2.95. The monoisotopic (exact) mass is 187 g/mol. The van der Waals surface area contributed by atoms with Crippen LogP contribution in [0.3, 0.4) is 0 Å². The highest BCUT2D eigenvalue weighted by molar-refractivity contribution is 5.79. The first-order valence-corrected chi connectivity index (χ1v) is 4.81. The third-order valence-corrected chi connectivity index (χ3v) is 2.55. The van der Waals surface area contributed by atoms with Gasteiger partial charge in [0.05, 0.1) is 5.52 Å². The summed E-state index contributed by atoms with van der Waals surface area (Å²) in [6.45, 7) is 2.01. The second-order valence-corrected chi connectivity index (χ2v) is 3.47. The van der Waals surface area contributed by atoms with Crippen molar-refractivity contribution in [2.75, 3.05) is 0 Å². The average Bonchev–Trinajstić information content (AvgIpc) is 2.23. The number of nitrogens with zero attached hydrogens (tertiary/aromatic N) is 1. The first-order chi connectivity index (χ1) is 6.74. The predicted molar refractivity (Wildman–Crippen MR) is 58.6 cm³/mol. The fourth-order valence-corrected chi connectivity index (χ4v) is 1.76. The van der Waals surface area contributed by atoms with Crippen molar-refractivity contribution in [1.82, 2.24) is 4.57 Å². The van der Waals surface area contributed by atoms with Gasteiger partial charge in [0.15, 0.2) is 5.43 Å². The fraction of sp³-hybridized carbons (Fsp3) is 0.250. The summed E-state index contributed by atoms with van der Waals surface area (Å²) in [5.41, 5.74) is 2.04. The zero-order valence-corrected chi connectivity index (χ0v) is 8.45. The van der Waals surface area contributed by atoms with Crippen LogP contribution in [0.2, 0.25) is 0 Å². The Morgan fingerprint density at radius 3 is 2.71 bits per heavy atom. The standard InChI is InChI=1S/C12H13NO/c1-3-9-8-13(2)11-7-5-4-6-10(11)12(9)14/h4-8H,3H2,1-2H3. The number of aromatic nitrogens is 1. The molecule has 0 saturated heterocycles. The summed E-state index contributed by atoms with van der Waals surface area (Å²) in [7, 11) is 1.97. The van der Waals surface area contributed by atoms with E-state index in [4.69, 9.17) is 0 Å². The molecule has 0 fully saturated rings. The van der Waals surface area contributed by atoms with Gasteiger partial charge in [0.25, 0.3) is 0 Å². The molecule has 2 heteroatoms. The van der Waals surface area contributed by atoms with Crippen LogP contribution in [0.5, 0.6) is 0 Å². The molecule has 0 unspecified atom stereocenters. The molecule has 1 aromatic carbocycles. The molecule has 0 aliphatic carbocycles. The molecule has 0 spiro atoms. The molecular formula is C12H13NO. The van der Waals surface area contributed by atoms with Crippen LogP contribution in [-0.2, 0) is 13.5 Å². The van der Waals surface area contributed by atoms with E-state index in [0.29, 0.717) is 0 Å². The highest BCUT2D eigenvalue weighted by atomic mass is 16.1. The fourth-order valence-electron chi connectivity index (χ4n) is 1.76. The van der Waals surface area contributed by atoms with Crippen LogP contribution in [0.1, 0.15) is 12.5 Å². The number of pyridine rings is 1. The summed E-state index contributed by atoms with van der Waals surface area (Å²) in [5.74, 6) is 0. The van der Waals surface area contributed by atoms with E-state index in [2.05, 4.69) is 0 Å². The quantitative estimate of drug-likeness (QED) is 0.670. The lowest BCUT2D eigenvalue weighted by Crippen LogP contribution is -2.12. The van der Waals surface area contributed by atoms with Crippen molar-refractivity contribution in [3.63, 3.8) is 0 Å². The molecule has 72 valence electrons. The molecule has 0 aliphatic heterocycles. The summed E-state index contributed by atoms with van der Waals surface area (Å²) >= 11 is 0. The molecule has 2 nitrogen and oxygen atoms in total. The largest absolute Gasteiger partial charge is 0.350 e. The van der Waals surface area contributed by atoms with Crippen molar-refractivity contribution < 1.29 is 0 Å². The predicted octanol–water partition coefficient (Wildman–Crippen LogP) is 2.10. The molecule has 2 aromatic rings. The maximum atomic E-state index is 11.9. The topological polar surface area (TPSA) is 22.0 Å². The SMILES string of the molecule is CCc1cn(C)c2ccccc2c1=O. The number of benzene rings is 1. The number of para-hydroxylation sites is 1. The van der Waals surface area contributed by atoms with E-state index in [1.807, 2.05) is 49.0 Å². The van der Waals surface area contributed by atoms with E-state index in [9.17, 15) is 4.79 Å². The Labute approximate surface area is 82.8 Å². The Kier molecular flexibility index (Phi) is 2.12. The van der Waals surface area contributed by atoms with Crippen LogP contribution in [-0.4, -0.2) is 4.57 Å². The molecular weight excluding hydrogens is 174 g/mol. The Bertz CT molecular complexity index is 525. The van der Waals surface area contributed by atoms with Gasteiger partial charge in [-0.15, -0.1) is 0 Å². The molecule has 2 rings (SSSR count). The molecule has 0 amide bonds. The number of aryl methyl sites for hydroxylation is 2. The van der Waals surface area contributed by atoms with Gasteiger partial charge in [-0.05, 0) is 18.6 Å². The first kappa shape index (κ1) is 9.00. The highest BCUT2D eigenvalue weighted by Gasteiger charge is 2.04. The maximum absolute atomic E-state index is 11.9. The zero-order valence-electron chi connectivity index (χ0n) is 8.45. The van der Waals surface area contributed by atoms with Crippen molar-refractivity contribution in [3.8, 4) is 0 Å². The van der Waals surface area contributed by atoms with Crippen LogP contribution in [0.4, 0.5) is 0 Å². The lowest BCUT2D eigenvalue weighted by Gasteiger charge is -2.06. The Morgan fingerprint density at radius 1 is 1.29 bits per heavy atom. The smallest absolute Gasteiger partial charge is 0.192 e. The highest BCUT2D eigenvalue weighted by Crippen LogP contribution is 2.09. The van der Waals surface area contributed by atoms with Gasteiger partial charge >= 0.3 is 0 Å². The van der Waals surface area contributed by atoms with Crippen LogP contribution in [0.15, 0.2) is 35.3 Å². The van der Waals surface area contributed by atoms with E-state index in [0.717, 1.165) is 22.9 Å². The van der Waals surface area contributed by atoms with E-state index >= 15 is 0 Å². The van der Waals surface area contributed by atoms with Crippen LogP contribution < -0.4 is 5.43 Å². The van der Waals surface area contributed by atoms with E-state index < -0.39 is 0 Å². The Morgan fingerprint density at radius 2 is 2.00 bits per heavy atom. The van der Waals surface area contributed by atoms with Crippen molar-refractivity contribution in [3.05, 3.63) is 46.2 Å². The lowest BCUT2D eigenvalue weighted by molar-refractivity contribution is 0.920. The normalized spacial score (nSPS) is 10.7. The van der Waals surface area contributed by atoms with Gasteiger partial charge in [0, 0.05) is 24.2 Å². The van der Waals surface area contributed by atoms with Gasteiger partial charge in [-0.3, -0.25) is 4.79 Å². The summed E-state index contributed by atoms with van der Waals surface area (Å²) in [5, 5.41) is 0.814. The van der Waals surface area contributed by atoms with E-state index in [1.165, 1.54) is 0 Å². The van der Waals surface area contributed by atoms with Crippen molar-refractivity contribution in [1.29, 1.82) is 0 Å². The molecule has 0 N–H and O–H groups in total. The Hall–Kier alpha value is -1.57. The van der Waals surface area contributed by atoms with Crippen molar-refractivity contribution >= 4 is 10.9 Å². The molecule has 1 aromatic heterocycles. The summed E-state index contributed by atoms with van der Waals surface area (Å²) in [4.78, 5) is 11.9. The molecule has 0 bridgehead atoms. The van der Waals surface area contributed by atoms with Gasteiger partial charge in [0.1, 0.15) is 0 Å². The summed E-state index contributed by atoms with van der Waals surface area (Å²) in [6, 6.07) is 7.71. The molecule has 14 heavy (non-hydrogen) atoms. The van der Waals surface area contributed by atoms with Gasteiger partial charge in [-0.2, -0.15) is 0 Å². The van der Waals surface area contributed by atoms with Crippen LogP contribution in [0, 0.1) is 0 Å². The average molecular weight is 187 g/mol. The number of rotatable bonds is 1. The number of hydrogen-bond acceptors (Lipinski definition) is 1. The van der Waals surface area contributed by atoms with Crippen LogP contribution >= 0.6 is 0 Å². The van der Waals surface area contributed by atoms with Gasteiger partial charge in [-0.1, -0.05) is 19.1 Å². The molecule has 0 aliphatic rings. The lowest BCUT2D eigenvalue weighted by atomic mass is 10.1. The van der Waals surface area contributed by atoms with Gasteiger partial charge < -0.3 is 4.57 Å². The third kappa shape index (κ3) is 1.23. The molecule has 1 heterocycles. The van der Waals surface area contributed by atoms with Crippen molar-refractivity contribution in [2.24, 2.45) is 7.05 Å². The van der Waals surface area contributed by atoms with Gasteiger partial charge in [-0.25, -0.2) is 0 Å². The molecule has 0 radical (unpaired) electrons. The molecule has 0 atom stereocenters. The zero-order chi connectivity index (χ0) is 10.1. The van der Waals surface area contributed by atoms with E-state index in [1.54, 1.807) is 0 Å². The second kappa shape index (κ2) is 3.29. The molecule has 0 saturated carbocycles. The van der Waals surface area contributed by atoms with Crippen LogP contribution in [0.25, 0.3) is 10.9 Å². The van der Waals surface area contributed by atoms with Gasteiger partial charge in [0.2, 0.25) is 0 Å². The minimum absolute atomic E-state index is 0.168. The second-order valence-electron chi connectivity index (χ2n) is 3.47. The van der Waals surface area contributed by atoms with Crippen molar-refractivity contribution in [2.45, 2.75) is 13.3 Å². The minimum Gasteiger partial charge on any atom is -0.350 e. The third-order valence-electron chi connectivity index (χ3n) is 2.55. The number of fused-ring (bicyclic) bond motifs is 1. The number of hydrogen-bond donors (Lipinski definition) is 0. The first-order valence-electron chi connectivity index (χ1n) is 4.81. The summed E-state index contributed by atoms with van der Waals surface area (Å²) < 4.78 is 2.01.